The van der Waals surface area contributed by atoms with Crippen molar-refractivity contribution in [1.82, 2.24) is 19.5 Å². The Labute approximate surface area is 140 Å². The highest BCUT2D eigenvalue weighted by molar-refractivity contribution is 5.95. The van der Waals surface area contributed by atoms with Gasteiger partial charge in [0.05, 0.1) is 0 Å². The molecule has 0 fully saturated rings. The number of ether oxygens (including phenoxy) is 2. The summed E-state index contributed by atoms with van der Waals surface area (Å²) in [5.74, 6) is -2.12. The Morgan fingerprint density at radius 1 is 1.40 bits per heavy atom. The van der Waals surface area contributed by atoms with Gasteiger partial charge in [0.2, 0.25) is 18.2 Å². The standard InChI is InChI=1S/C14H14FN5O5/c1-6(22)19-12-10-13(17-4-16-12)20(5-18-10)14-11(24-7(2)23)9(15)8(3-21)25-14/h4-5,11,14,21H,3H2,1-2H3,(H,16,17,19,22)/t11?,14-/m1/s1. The van der Waals surface area contributed by atoms with Crippen molar-refractivity contribution in [2.75, 3.05) is 11.9 Å². The molecule has 0 radical (unpaired) electrons. The average Bonchev–Trinajstić information content (AvgIpc) is 3.09. The molecule has 11 heteroatoms. The van der Waals surface area contributed by atoms with Gasteiger partial charge in [0.25, 0.3) is 0 Å². The lowest BCUT2D eigenvalue weighted by molar-refractivity contribution is -0.151. The first-order valence-corrected chi connectivity index (χ1v) is 7.20. The molecule has 2 N–H and O–H groups in total. The molecule has 1 aliphatic rings. The van der Waals surface area contributed by atoms with Crippen molar-refractivity contribution in [3.63, 3.8) is 0 Å². The Morgan fingerprint density at radius 2 is 2.16 bits per heavy atom. The number of aliphatic hydroxyl groups is 1. The van der Waals surface area contributed by atoms with Crippen molar-refractivity contribution in [2.45, 2.75) is 26.2 Å². The third kappa shape index (κ3) is 3.01. The predicted molar refractivity (Wildman–Crippen MR) is 80.5 cm³/mol. The summed E-state index contributed by atoms with van der Waals surface area (Å²) in [5.41, 5.74) is 0.480. The van der Waals surface area contributed by atoms with E-state index in [0.29, 0.717) is 0 Å². The van der Waals surface area contributed by atoms with Crippen LogP contribution in [0.15, 0.2) is 24.2 Å². The zero-order valence-electron chi connectivity index (χ0n) is 13.3. The van der Waals surface area contributed by atoms with Gasteiger partial charge in [-0.2, -0.15) is 0 Å². The molecule has 1 aliphatic heterocycles. The van der Waals surface area contributed by atoms with E-state index in [1.165, 1.54) is 24.1 Å². The van der Waals surface area contributed by atoms with Crippen LogP contribution in [0.1, 0.15) is 20.1 Å². The van der Waals surface area contributed by atoms with Gasteiger partial charge in [0.1, 0.15) is 19.3 Å². The Morgan fingerprint density at radius 3 is 2.80 bits per heavy atom. The van der Waals surface area contributed by atoms with Gasteiger partial charge in [0, 0.05) is 13.8 Å². The van der Waals surface area contributed by atoms with E-state index in [1.807, 2.05) is 0 Å². The van der Waals surface area contributed by atoms with E-state index in [-0.39, 0.29) is 28.6 Å². The number of rotatable bonds is 4. The predicted octanol–water partition coefficient (Wildman–Crippen LogP) is 0.419. The summed E-state index contributed by atoms with van der Waals surface area (Å²) in [6, 6.07) is 0. The van der Waals surface area contributed by atoms with Gasteiger partial charge < -0.3 is 19.9 Å². The monoisotopic (exact) mass is 351 g/mol. The summed E-state index contributed by atoms with van der Waals surface area (Å²) < 4.78 is 26.0. The van der Waals surface area contributed by atoms with Crippen LogP contribution in [0.25, 0.3) is 11.2 Å². The van der Waals surface area contributed by atoms with Crippen LogP contribution >= 0.6 is 0 Å². The van der Waals surface area contributed by atoms with Gasteiger partial charge >= 0.3 is 5.97 Å². The van der Waals surface area contributed by atoms with Crippen LogP contribution in [0, 0.1) is 0 Å². The molecular weight excluding hydrogens is 337 g/mol. The molecular formula is C14H14FN5O5. The summed E-state index contributed by atoms with van der Waals surface area (Å²) in [7, 11) is 0. The first-order valence-electron chi connectivity index (χ1n) is 7.20. The minimum absolute atomic E-state index is 0.175. The van der Waals surface area contributed by atoms with Crippen LogP contribution < -0.4 is 5.32 Å². The number of aromatic nitrogens is 4. The van der Waals surface area contributed by atoms with Gasteiger partial charge in [0.15, 0.2) is 28.6 Å². The molecule has 0 bridgehead atoms. The van der Waals surface area contributed by atoms with Crippen LogP contribution in [0.5, 0.6) is 0 Å². The number of nitrogens with zero attached hydrogens (tertiary/aromatic N) is 4. The summed E-state index contributed by atoms with van der Waals surface area (Å²) in [4.78, 5) is 34.6. The number of amides is 1. The second kappa shape index (κ2) is 6.43. The van der Waals surface area contributed by atoms with Gasteiger partial charge in [-0.25, -0.2) is 19.3 Å². The molecule has 0 aromatic carbocycles. The van der Waals surface area contributed by atoms with Crippen molar-refractivity contribution in [2.24, 2.45) is 0 Å². The number of carbonyl (C=O) groups is 2. The van der Waals surface area contributed by atoms with Crippen molar-refractivity contribution in [3.8, 4) is 0 Å². The summed E-state index contributed by atoms with van der Waals surface area (Å²) in [6.45, 7) is 1.75. The van der Waals surface area contributed by atoms with E-state index in [0.717, 1.165) is 6.92 Å². The zero-order valence-corrected chi connectivity index (χ0v) is 13.3. The first kappa shape index (κ1) is 16.8. The smallest absolute Gasteiger partial charge is 0.303 e. The van der Waals surface area contributed by atoms with Crippen molar-refractivity contribution in [3.05, 3.63) is 24.2 Å². The number of imidazole rings is 1. The number of esters is 1. The minimum atomic E-state index is -1.39. The second-order valence-electron chi connectivity index (χ2n) is 5.20. The fourth-order valence-corrected chi connectivity index (χ4v) is 2.45. The van der Waals surface area contributed by atoms with Crippen LogP contribution in [-0.4, -0.2) is 49.2 Å². The number of hydrogen-bond donors (Lipinski definition) is 2. The molecule has 25 heavy (non-hydrogen) atoms. The maximum absolute atomic E-state index is 14.3. The van der Waals surface area contributed by atoms with Gasteiger partial charge in [-0.1, -0.05) is 0 Å². The number of hydrogen-bond acceptors (Lipinski definition) is 8. The van der Waals surface area contributed by atoms with Crippen molar-refractivity contribution in [1.29, 1.82) is 0 Å². The Balaban J connectivity index is 2.04. The lowest BCUT2D eigenvalue weighted by Crippen LogP contribution is -2.26. The fraction of sp³-hybridized carbons (Fsp3) is 0.357. The highest BCUT2D eigenvalue weighted by atomic mass is 19.1. The number of aliphatic hydroxyl groups excluding tert-OH is 1. The quantitative estimate of drug-likeness (QED) is 0.758. The van der Waals surface area contributed by atoms with Gasteiger partial charge in [-0.15, -0.1) is 0 Å². The average molecular weight is 351 g/mol. The van der Waals surface area contributed by atoms with E-state index in [4.69, 9.17) is 9.47 Å². The normalized spacial score (nSPS) is 19.8. The van der Waals surface area contributed by atoms with Crippen LogP contribution in [0.2, 0.25) is 0 Å². The molecule has 2 aromatic rings. The minimum Gasteiger partial charge on any atom is -0.465 e. The van der Waals surface area contributed by atoms with Crippen LogP contribution in [0.3, 0.4) is 0 Å². The van der Waals surface area contributed by atoms with Crippen molar-refractivity contribution >= 4 is 28.9 Å². The molecule has 1 unspecified atom stereocenters. The molecule has 0 spiro atoms. The molecule has 0 aliphatic carbocycles. The Kier molecular flexibility index (Phi) is 4.31. The van der Waals surface area contributed by atoms with Crippen LogP contribution in [-0.2, 0) is 19.1 Å². The van der Waals surface area contributed by atoms with E-state index in [2.05, 4.69) is 20.3 Å². The number of halogens is 1. The largest absolute Gasteiger partial charge is 0.465 e. The molecule has 2 atom stereocenters. The molecule has 2 aromatic heterocycles. The van der Waals surface area contributed by atoms with E-state index < -0.39 is 30.7 Å². The zero-order chi connectivity index (χ0) is 18.1. The maximum Gasteiger partial charge on any atom is 0.303 e. The molecule has 132 valence electrons. The second-order valence-corrected chi connectivity index (χ2v) is 5.20. The highest BCUT2D eigenvalue weighted by Gasteiger charge is 2.42. The van der Waals surface area contributed by atoms with Gasteiger partial charge in [-0.3, -0.25) is 14.2 Å². The lowest BCUT2D eigenvalue weighted by Gasteiger charge is -2.20. The van der Waals surface area contributed by atoms with Crippen LogP contribution in [0.4, 0.5) is 10.2 Å². The molecule has 0 saturated heterocycles. The summed E-state index contributed by atoms with van der Waals surface area (Å²) >= 11 is 0. The molecule has 10 nitrogen and oxygen atoms in total. The number of carbonyl (C=O) groups excluding carboxylic acids is 2. The lowest BCUT2D eigenvalue weighted by atomic mass is 10.2. The van der Waals surface area contributed by atoms with E-state index in [1.54, 1.807) is 0 Å². The van der Waals surface area contributed by atoms with Crippen molar-refractivity contribution < 1.29 is 28.6 Å². The third-order valence-corrected chi connectivity index (χ3v) is 3.40. The van der Waals surface area contributed by atoms with E-state index >= 15 is 0 Å². The maximum atomic E-state index is 14.3. The molecule has 1 amide bonds. The Hall–Kier alpha value is -3.08. The molecule has 3 rings (SSSR count). The molecule has 3 heterocycles. The summed E-state index contributed by atoms with van der Waals surface area (Å²) in [5, 5.41) is 11.7. The number of fused-ring (bicyclic) bond motifs is 1. The highest BCUT2D eigenvalue weighted by Crippen LogP contribution is 2.37. The van der Waals surface area contributed by atoms with E-state index in [9.17, 15) is 19.1 Å². The third-order valence-electron chi connectivity index (χ3n) is 3.40. The summed E-state index contributed by atoms with van der Waals surface area (Å²) in [6.07, 6.45) is -0.0510. The Bertz CT molecular complexity index is 880. The first-order chi connectivity index (χ1) is 11.9. The number of nitrogens with one attached hydrogen (secondary N) is 1. The SMILES string of the molecule is CC(=O)Nc1ncnc2c1ncn2[C@@H]1OC(CO)=C(F)C1OC(C)=O. The number of anilines is 1. The molecule has 0 saturated carbocycles. The fourth-order valence-electron chi connectivity index (χ4n) is 2.45. The van der Waals surface area contributed by atoms with Gasteiger partial charge in [-0.05, 0) is 0 Å². The topological polar surface area (TPSA) is 128 Å².